The van der Waals surface area contributed by atoms with Gasteiger partial charge in [0.1, 0.15) is 11.4 Å². The molecule has 0 aliphatic carbocycles. The number of halogens is 1. The molecule has 1 aromatic heterocycles. The Bertz CT molecular complexity index is 722. The lowest BCUT2D eigenvalue weighted by Crippen LogP contribution is -2.52. The van der Waals surface area contributed by atoms with E-state index in [2.05, 4.69) is 10.3 Å². The maximum absolute atomic E-state index is 13.4. The molecule has 0 aliphatic rings. The lowest BCUT2D eigenvalue weighted by Gasteiger charge is -2.38. The number of aromatic nitrogens is 1. The fourth-order valence-electron chi connectivity index (χ4n) is 3.33. The number of benzene rings is 1. The molecule has 1 aromatic carbocycles. The van der Waals surface area contributed by atoms with Crippen LogP contribution in [0.2, 0.25) is 0 Å². The summed E-state index contributed by atoms with van der Waals surface area (Å²) >= 11 is 0. The van der Waals surface area contributed by atoms with Crippen LogP contribution in [0.3, 0.4) is 0 Å². The van der Waals surface area contributed by atoms with E-state index in [4.69, 9.17) is 5.73 Å². The number of pyridine rings is 1. The molecule has 2 aromatic rings. The summed E-state index contributed by atoms with van der Waals surface area (Å²) < 4.78 is 13.4. The van der Waals surface area contributed by atoms with Gasteiger partial charge in [0, 0.05) is 23.3 Å². The minimum Gasteiger partial charge on any atom is -0.479 e. The average molecular weight is 333 g/mol. The van der Waals surface area contributed by atoms with Crippen LogP contribution >= 0.6 is 0 Å². The molecule has 0 spiro atoms. The standard InChI is InChI=1S/C18H24FN3O2/c1-3-12(7-9-20)18(4-2,17(23)24)22-15-8-10-21-16-11-13(19)5-6-14(15)16/h5-6,8,10-12H,3-4,7,9,20H2,1-2H3,(H,21,22)(H,23,24). The number of rotatable bonds is 8. The van der Waals surface area contributed by atoms with E-state index in [9.17, 15) is 14.3 Å². The van der Waals surface area contributed by atoms with Crippen LogP contribution in [0, 0.1) is 11.7 Å². The molecule has 0 bridgehead atoms. The lowest BCUT2D eigenvalue weighted by atomic mass is 9.77. The molecule has 2 unspecified atom stereocenters. The lowest BCUT2D eigenvalue weighted by molar-refractivity contribution is -0.144. The van der Waals surface area contributed by atoms with E-state index in [-0.39, 0.29) is 11.7 Å². The van der Waals surface area contributed by atoms with E-state index in [1.807, 2.05) is 13.8 Å². The molecule has 0 saturated carbocycles. The zero-order valence-electron chi connectivity index (χ0n) is 14.1. The van der Waals surface area contributed by atoms with Crippen molar-refractivity contribution in [2.45, 2.75) is 38.6 Å². The zero-order chi connectivity index (χ0) is 17.7. The zero-order valence-corrected chi connectivity index (χ0v) is 14.1. The van der Waals surface area contributed by atoms with Gasteiger partial charge in [0.25, 0.3) is 0 Å². The summed E-state index contributed by atoms with van der Waals surface area (Å²) in [6, 6.07) is 6.03. The van der Waals surface area contributed by atoms with Crippen molar-refractivity contribution in [3.8, 4) is 0 Å². The fourth-order valence-corrected chi connectivity index (χ4v) is 3.33. The molecule has 0 aliphatic heterocycles. The normalized spacial score (nSPS) is 15.0. The Morgan fingerprint density at radius 3 is 2.75 bits per heavy atom. The van der Waals surface area contributed by atoms with Crippen molar-refractivity contribution in [3.63, 3.8) is 0 Å². The quantitative estimate of drug-likeness (QED) is 0.689. The summed E-state index contributed by atoms with van der Waals surface area (Å²) in [7, 11) is 0. The van der Waals surface area contributed by atoms with Gasteiger partial charge in [-0.15, -0.1) is 0 Å². The summed E-state index contributed by atoms with van der Waals surface area (Å²) in [5, 5.41) is 13.9. The van der Waals surface area contributed by atoms with Gasteiger partial charge >= 0.3 is 5.97 Å². The molecule has 4 N–H and O–H groups in total. The van der Waals surface area contributed by atoms with E-state index >= 15 is 0 Å². The number of anilines is 1. The molecule has 1 heterocycles. The third-order valence-corrected chi connectivity index (χ3v) is 4.71. The summed E-state index contributed by atoms with van der Waals surface area (Å²) in [6.45, 7) is 4.25. The number of fused-ring (bicyclic) bond motifs is 1. The van der Waals surface area contributed by atoms with Crippen molar-refractivity contribution in [1.29, 1.82) is 0 Å². The van der Waals surface area contributed by atoms with Crippen molar-refractivity contribution in [3.05, 3.63) is 36.3 Å². The summed E-state index contributed by atoms with van der Waals surface area (Å²) in [5.41, 5.74) is 5.68. The smallest absolute Gasteiger partial charge is 0.329 e. The highest BCUT2D eigenvalue weighted by Crippen LogP contribution is 2.34. The molecule has 2 atom stereocenters. The first-order valence-electron chi connectivity index (χ1n) is 8.24. The van der Waals surface area contributed by atoms with E-state index in [0.29, 0.717) is 42.4 Å². The minimum atomic E-state index is -1.13. The number of nitrogens with one attached hydrogen (secondary N) is 1. The van der Waals surface area contributed by atoms with Gasteiger partial charge in [0.05, 0.1) is 5.52 Å². The Morgan fingerprint density at radius 1 is 1.42 bits per heavy atom. The highest BCUT2D eigenvalue weighted by molar-refractivity contribution is 5.94. The van der Waals surface area contributed by atoms with E-state index < -0.39 is 11.5 Å². The maximum atomic E-state index is 13.4. The molecular formula is C18H24FN3O2. The molecule has 0 saturated heterocycles. The van der Waals surface area contributed by atoms with Crippen LogP contribution in [0.25, 0.3) is 10.9 Å². The van der Waals surface area contributed by atoms with Crippen molar-refractivity contribution in [2.24, 2.45) is 11.7 Å². The van der Waals surface area contributed by atoms with Gasteiger partial charge in [0.15, 0.2) is 0 Å². The minimum absolute atomic E-state index is 0.117. The van der Waals surface area contributed by atoms with Crippen LogP contribution in [0.1, 0.15) is 33.1 Å². The molecule has 2 rings (SSSR count). The Labute approximate surface area is 141 Å². The number of carbonyl (C=O) groups is 1. The predicted octanol–water partition coefficient (Wildman–Crippen LogP) is 3.39. The maximum Gasteiger partial charge on any atom is 0.329 e. The summed E-state index contributed by atoms with van der Waals surface area (Å²) in [5.74, 6) is -1.40. The first kappa shape index (κ1) is 18.1. The van der Waals surface area contributed by atoms with Gasteiger partial charge in [0.2, 0.25) is 0 Å². The first-order chi connectivity index (χ1) is 11.5. The summed E-state index contributed by atoms with van der Waals surface area (Å²) in [4.78, 5) is 16.3. The second-order valence-electron chi connectivity index (χ2n) is 5.96. The van der Waals surface area contributed by atoms with Crippen LogP contribution in [0.5, 0.6) is 0 Å². The molecule has 130 valence electrons. The highest BCUT2D eigenvalue weighted by atomic mass is 19.1. The highest BCUT2D eigenvalue weighted by Gasteiger charge is 2.43. The van der Waals surface area contributed by atoms with E-state index in [1.54, 1.807) is 18.3 Å². The van der Waals surface area contributed by atoms with Crippen molar-refractivity contribution in [2.75, 3.05) is 11.9 Å². The van der Waals surface area contributed by atoms with Gasteiger partial charge in [-0.3, -0.25) is 4.98 Å². The van der Waals surface area contributed by atoms with Crippen LogP contribution in [-0.2, 0) is 4.79 Å². The Morgan fingerprint density at radius 2 is 2.17 bits per heavy atom. The number of aliphatic carboxylic acids is 1. The second-order valence-corrected chi connectivity index (χ2v) is 5.96. The third-order valence-electron chi connectivity index (χ3n) is 4.71. The SMILES string of the molecule is CCC(CCN)C(CC)(Nc1ccnc2cc(F)ccc12)C(=O)O. The average Bonchev–Trinajstić information content (AvgIpc) is 2.57. The number of carboxylic acids is 1. The summed E-state index contributed by atoms with van der Waals surface area (Å²) in [6.07, 6.45) is 3.27. The van der Waals surface area contributed by atoms with Crippen LogP contribution in [0.15, 0.2) is 30.5 Å². The number of hydrogen-bond acceptors (Lipinski definition) is 4. The van der Waals surface area contributed by atoms with Crippen molar-refractivity contribution >= 4 is 22.6 Å². The first-order valence-corrected chi connectivity index (χ1v) is 8.24. The van der Waals surface area contributed by atoms with Crippen LogP contribution < -0.4 is 11.1 Å². The molecule has 0 fully saturated rings. The number of hydrogen-bond donors (Lipinski definition) is 3. The molecule has 24 heavy (non-hydrogen) atoms. The molecular weight excluding hydrogens is 309 g/mol. The number of carboxylic acid groups (broad SMARTS) is 1. The van der Waals surface area contributed by atoms with Gasteiger partial charge < -0.3 is 16.2 Å². The third kappa shape index (κ3) is 3.33. The molecule has 0 radical (unpaired) electrons. The van der Waals surface area contributed by atoms with Gasteiger partial charge in [-0.25, -0.2) is 9.18 Å². The van der Waals surface area contributed by atoms with E-state index in [0.717, 1.165) is 0 Å². The topological polar surface area (TPSA) is 88.2 Å². The van der Waals surface area contributed by atoms with Crippen molar-refractivity contribution in [1.82, 2.24) is 4.98 Å². The molecule has 5 nitrogen and oxygen atoms in total. The van der Waals surface area contributed by atoms with Gasteiger partial charge in [-0.05, 0) is 43.5 Å². The second kappa shape index (κ2) is 7.57. The van der Waals surface area contributed by atoms with Gasteiger partial charge in [-0.1, -0.05) is 20.3 Å². The predicted molar refractivity (Wildman–Crippen MR) is 93.4 cm³/mol. The monoisotopic (exact) mass is 333 g/mol. The van der Waals surface area contributed by atoms with Crippen molar-refractivity contribution < 1.29 is 14.3 Å². The van der Waals surface area contributed by atoms with E-state index in [1.165, 1.54) is 12.1 Å². The molecule has 0 amide bonds. The largest absolute Gasteiger partial charge is 0.479 e. The Balaban J connectivity index is 2.52. The van der Waals surface area contributed by atoms with Crippen LogP contribution in [-0.4, -0.2) is 28.1 Å². The number of nitrogens with two attached hydrogens (primary N) is 1. The Hall–Kier alpha value is -2.21. The van der Waals surface area contributed by atoms with Gasteiger partial charge in [-0.2, -0.15) is 0 Å². The molecule has 6 heteroatoms. The number of nitrogens with zero attached hydrogens (tertiary/aromatic N) is 1. The van der Waals surface area contributed by atoms with Crippen LogP contribution in [0.4, 0.5) is 10.1 Å². The Kier molecular flexibility index (Phi) is 5.72. The fraction of sp³-hybridized carbons (Fsp3) is 0.444.